The molecule has 0 saturated heterocycles. The number of para-hydroxylation sites is 1. The van der Waals surface area contributed by atoms with E-state index in [4.69, 9.17) is 0 Å². The van der Waals surface area contributed by atoms with Crippen molar-refractivity contribution < 1.29 is 4.79 Å². The number of aromatic nitrogens is 3. The number of nitrogens with one attached hydrogen (secondary N) is 1. The average molecular weight is 300 g/mol. The normalized spacial score (nSPS) is 12.4. The van der Waals surface area contributed by atoms with Gasteiger partial charge in [-0.25, -0.2) is 4.68 Å². The molecule has 1 N–H and O–H groups in total. The number of carbonyl (C=O) groups is 1. The first-order chi connectivity index (χ1) is 10.2. The topological polar surface area (TPSA) is 59.8 Å². The summed E-state index contributed by atoms with van der Waals surface area (Å²) in [6.07, 6.45) is 0.431. The lowest BCUT2D eigenvalue weighted by atomic mass is 10.2. The molecule has 5 nitrogen and oxygen atoms in total. The van der Waals surface area contributed by atoms with Gasteiger partial charge in [0.1, 0.15) is 5.52 Å². The maximum absolute atomic E-state index is 12.0. The Hall–Kier alpha value is -2.21. The Morgan fingerprint density at radius 2 is 2.19 bits per heavy atom. The van der Waals surface area contributed by atoms with Gasteiger partial charge in [0, 0.05) is 10.9 Å². The highest BCUT2D eigenvalue weighted by atomic mass is 32.1. The fourth-order valence-electron chi connectivity index (χ4n) is 2.25. The lowest BCUT2D eigenvalue weighted by Gasteiger charge is -2.13. The fraction of sp³-hybridized carbons (Fsp3) is 0.267. The summed E-state index contributed by atoms with van der Waals surface area (Å²) in [5.41, 5.74) is 1.85. The Morgan fingerprint density at radius 3 is 3.00 bits per heavy atom. The third-order valence-electron chi connectivity index (χ3n) is 3.19. The van der Waals surface area contributed by atoms with E-state index in [1.165, 1.54) is 0 Å². The van der Waals surface area contributed by atoms with Crippen LogP contribution in [0, 0.1) is 0 Å². The molecule has 3 aromatic rings. The van der Waals surface area contributed by atoms with Gasteiger partial charge in [0.25, 0.3) is 0 Å². The van der Waals surface area contributed by atoms with Crippen LogP contribution in [0.2, 0.25) is 0 Å². The quantitative estimate of drug-likeness (QED) is 0.786. The molecule has 0 saturated carbocycles. The Balaban J connectivity index is 1.61. The van der Waals surface area contributed by atoms with Gasteiger partial charge in [0.2, 0.25) is 5.91 Å². The van der Waals surface area contributed by atoms with Crippen LogP contribution in [-0.2, 0) is 17.8 Å². The predicted octanol–water partition coefficient (Wildman–Crippen LogP) is 2.24. The zero-order valence-electron chi connectivity index (χ0n) is 11.7. The molecule has 0 radical (unpaired) electrons. The molecular formula is C15H16N4OS. The molecule has 0 bridgehead atoms. The van der Waals surface area contributed by atoms with Gasteiger partial charge in [-0.3, -0.25) is 4.79 Å². The number of carbonyl (C=O) groups excluding carboxylic acids is 1. The van der Waals surface area contributed by atoms with Crippen LogP contribution in [0.1, 0.15) is 11.8 Å². The Morgan fingerprint density at radius 1 is 1.33 bits per heavy atom. The molecule has 0 aliphatic carbocycles. The number of hydrogen-bond acceptors (Lipinski definition) is 4. The molecule has 1 amide bonds. The van der Waals surface area contributed by atoms with E-state index in [2.05, 4.69) is 15.6 Å². The van der Waals surface area contributed by atoms with Crippen molar-refractivity contribution in [3.63, 3.8) is 0 Å². The highest BCUT2D eigenvalue weighted by Crippen LogP contribution is 2.11. The highest BCUT2D eigenvalue weighted by Gasteiger charge is 2.11. The molecule has 3 rings (SSSR count). The molecule has 0 unspecified atom stereocenters. The van der Waals surface area contributed by atoms with Gasteiger partial charge in [0.15, 0.2) is 0 Å². The molecule has 2 heterocycles. The molecule has 6 heteroatoms. The van der Waals surface area contributed by atoms with E-state index in [1.807, 2.05) is 53.4 Å². The van der Waals surface area contributed by atoms with Gasteiger partial charge in [-0.05, 0) is 30.5 Å². The van der Waals surface area contributed by atoms with Gasteiger partial charge in [-0.1, -0.05) is 23.4 Å². The van der Waals surface area contributed by atoms with Gasteiger partial charge < -0.3 is 5.32 Å². The number of fused-ring (bicyclic) bond motifs is 1. The van der Waals surface area contributed by atoms with Crippen molar-refractivity contribution in [2.75, 3.05) is 0 Å². The second-order valence-corrected chi connectivity index (χ2v) is 6.02. The molecule has 0 fully saturated rings. The van der Waals surface area contributed by atoms with Crippen LogP contribution < -0.4 is 5.32 Å². The number of hydrogen-bond donors (Lipinski definition) is 1. The predicted molar refractivity (Wildman–Crippen MR) is 83.2 cm³/mol. The van der Waals surface area contributed by atoms with E-state index in [0.29, 0.717) is 13.0 Å². The monoisotopic (exact) mass is 300 g/mol. The fourth-order valence-corrected chi connectivity index (χ4v) is 2.96. The van der Waals surface area contributed by atoms with Crippen molar-refractivity contribution in [2.24, 2.45) is 0 Å². The highest BCUT2D eigenvalue weighted by molar-refractivity contribution is 7.10. The number of nitrogens with zero attached hydrogens (tertiary/aromatic N) is 3. The first kappa shape index (κ1) is 13.8. The maximum Gasteiger partial charge on any atom is 0.225 e. The number of amides is 1. The molecular weight excluding hydrogens is 284 g/mol. The van der Waals surface area contributed by atoms with Gasteiger partial charge in [-0.2, -0.15) is 0 Å². The minimum Gasteiger partial charge on any atom is -0.351 e. The SMILES string of the molecule is C[C@@H](Cn1nnc2ccccc21)NC(=O)Cc1cccs1. The minimum absolute atomic E-state index is 0.00238. The lowest BCUT2D eigenvalue weighted by molar-refractivity contribution is -0.121. The number of benzene rings is 1. The van der Waals surface area contributed by atoms with Crippen molar-refractivity contribution in [1.82, 2.24) is 20.3 Å². The zero-order chi connectivity index (χ0) is 14.7. The molecule has 108 valence electrons. The first-order valence-electron chi connectivity index (χ1n) is 6.82. The van der Waals surface area contributed by atoms with E-state index in [-0.39, 0.29) is 11.9 Å². The summed E-state index contributed by atoms with van der Waals surface area (Å²) < 4.78 is 1.82. The van der Waals surface area contributed by atoms with Crippen molar-refractivity contribution in [1.29, 1.82) is 0 Å². The molecule has 1 atom stereocenters. The summed E-state index contributed by atoms with van der Waals surface area (Å²) in [5, 5.41) is 13.2. The van der Waals surface area contributed by atoms with Crippen LogP contribution >= 0.6 is 11.3 Å². The van der Waals surface area contributed by atoms with E-state index in [9.17, 15) is 4.79 Å². The lowest BCUT2D eigenvalue weighted by Crippen LogP contribution is -2.36. The van der Waals surface area contributed by atoms with E-state index in [0.717, 1.165) is 15.9 Å². The Bertz CT molecular complexity index is 735. The zero-order valence-corrected chi connectivity index (χ0v) is 12.5. The largest absolute Gasteiger partial charge is 0.351 e. The Kier molecular flexibility index (Phi) is 3.96. The second kappa shape index (κ2) is 6.05. The summed E-state index contributed by atoms with van der Waals surface area (Å²) in [6, 6.07) is 11.7. The van der Waals surface area contributed by atoms with Crippen LogP contribution in [0.4, 0.5) is 0 Å². The van der Waals surface area contributed by atoms with E-state index < -0.39 is 0 Å². The molecule has 0 aliphatic heterocycles. The number of thiophene rings is 1. The standard InChI is InChI=1S/C15H16N4OS/c1-11(16-15(20)9-12-5-4-8-21-12)10-19-14-7-3-2-6-13(14)17-18-19/h2-8,11H,9-10H2,1H3,(H,16,20)/t11-/m0/s1. The van der Waals surface area contributed by atoms with Gasteiger partial charge >= 0.3 is 0 Å². The molecule has 21 heavy (non-hydrogen) atoms. The average Bonchev–Trinajstić information content (AvgIpc) is 3.09. The smallest absolute Gasteiger partial charge is 0.225 e. The number of rotatable bonds is 5. The van der Waals surface area contributed by atoms with Crippen molar-refractivity contribution in [3.8, 4) is 0 Å². The van der Waals surface area contributed by atoms with Crippen molar-refractivity contribution >= 4 is 28.3 Å². The van der Waals surface area contributed by atoms with E-state index >= 15 is 0 Å². The minimum atomic E-state index is 0.00238. The first-order valence-corrected chi connectivity index (χ1v) is 7.70. The summed E-state index contributed by atoms with van der Waals surface area (Å²) in [6.45, 7) is 2.58. The summed E-state index contributed by atoms with van der Waals surface area (Å²) >= 11 is 1.60. The Labute approximate surface area is 126 Å². The molecule has 1 aromatic carbocycles. The van der Waals surface area contributed by atoms with Crippen molar-refractivity contribution in [3.05, 3.63) is 46.7 Å². The van der Waals surface area contributed by atoms with Crippen LogP contribution in [0.5, 0.6) is 0 Å². The van der Waals surface area contributed by atoms with Gasteiger partial charge in [-0.15, -0.1) is 16.4 Å². The van der Waals surface area contributed by atoms with Crippen molar-refractivity contribution in [2.45, 2.75) is 25.9 Å². The van der Waals surface area contributed by atoms with Crippen LogP contribution in [0.3, 0.4) is 0 Å². The van der Waals surface area contributed by atoms with Crippen LogP contribution in [0.25, 0.3) is 11.0 Å². The van der Waals surface area contributed by atoms with Gasteiger partial charge in [0.05, 0.1) is 18.5 Å². The molecule has 0 spiro atoms. The van der Waals surface area contributed by atoms with E-state index in [1.54, 1.807) is 11.3 Å². The maximum atomic E-state index is 12.0. The third-order valence-corrected chi connectivity index (χ3v) is 4.07. The molecule has 0 aliphatic rings. The summed E-state index contributed by atoms with van der Waals surface area (Å²) in [7, 11) is 0. The van der Waals surface area contributed by atoms with Crippen LogP contribution in [0.15, 0.2) is 41.8 Å². The summed E-state index contributed by atoms with van der Waals surface area (Å²) in [4.78, 5) is 13.0. The second-order valence-electron chi connectivity index (χ2n) is 4.98. The van der Waals surface area contributed by atoms with Crippen LogP contribution in [-0.4, -0.2) is 26.9 Å². The third kappa shape index (κ3) is 3.28. The molecule has 2 aromatic heterocycles. The summed E-state index contributed by atoms with van der Waals surface area (Å²) in [5.74, 6) is 0.0365.